The number of rotatable bonds is 5. The maximum absolute atomic E-state index is 12.9. The third-order valence-electron chi connectivity index (χ3n) is 6.64. The molecule has 1 aliphatic carbocycles. The molecule has 6 nitrogen and oxygen atoms in total. The molecule has 2 N–H and O–H groups in total. The average molecular weight is 598 g/mol. The summed E-state index contributed by atoms with van der Waals surface area (Å²) in [6, 6.07) is 0. The molecule has 0 amide bonds. The fourth-order valence-corrected chi connectivity index (χ4v) is 5.28. The number of esters is 1. The molecule has 0 spiro atoms. The minimum absolute atomic E-state index is 0.216. The van der Waals surface area contributed by atoms with Crippen LogP contribution in [0.2, 0.25) is 0 Å². The Morgan fingerprint density at radius 2 is 1.97 bits per heavy atom. The zero-order valence-electron chi connectivity index (χ0n) is 21.6. The SMILES string of the molecule is C/C=C(/C=C(\C)[C@@H]1C/C=C(/CCI)CCC[C@@H]2C=C(C(=O)[C@H](C)[C@H]2O)[C@@H](O)CC(=O)O1)N=C(C)C. The Labute approximate surface area is 223 Å². The van der Waals surface area contributed by atoms with Crippen LogP contribution in [0.15, 0.2) is 51.7 Å². The van der Waals surface area contributed by atoms with Gasteiger partial charge in [0.1, 0.15) is 6.10 Å². The van der Waals surface area contributed by atoms with Crippen LogP contribution < -0.4 is 0 Å². The predicted octanol–water partition coefficient (Wildman–Crippen LogP) is 5.43. The maximum atomic E-state index is 12.9. The highest BCUT2D eigenvalue weighted by Crippen LogP contribution is 2.33. The first-order chi connectivity index (χ1) is 16.6. The molecule has 0 saturated carbocycles. The van der Waals surface area contributed by atoms with Crippen LogP contribution in [-0.2, 0) is 14.3 Å². The quantitative estimate of drug-likeness (QED) is 0.110. The lowest BCUT2D eigenvalue weighted by molar-refractivity contribution is -0.149. The monoisotopic (exact) mass is 597 g/mol. The van der Waals surface area contributed by atoms with Crippen molar-refractivity contribution >= 4 is 40.1 Å². The van der Waals surface area contributed by atoms with E-state index in [-0.39, 0.29) is 23.7 Å². The lowest BCUT2D eigenvalue weighted by Crippen LogP contribution is -2.40. The summed E-state index contributed by atoms with van der Waals surface area (Å²) in [7, 11) is 0. The topological polar surface area (TPSA) is 96.2 Å². The van der Waals surface area contributed by atoms with E-state index in [2.05, 4.69) is 33.7 Å². The first-order valence-electron chi connectivity index (χ1n) is 12.5. The number of alkyl halides is 1. The summed E-state index contributed by atoms with van der Waals surface area (Å²) in [6.45, 7) is 9.39. The molecule has 0 unspecified atom stereocenters. The molecule has 0 radical (unpaired) electrons. The minimum atomic E-state index is -1.25. The van der Waals surface area contributed by atoms with E-state index in [0.29, 0.717) is 6.42 Å². The van der Waals surface area contributed by atoms with Crippen LogP contribution in [0.4, 0.5) is 0 Å². The Balaban J connectivity index is 2.40. The van der Waals surface area contributed by atoms with Crippen molar-refractivity contribution in [3.8, 4) is 0 Å². The van der Waals surface area contributed by atoms with Gasteiger partial charge in [-0.1, -0.05) is 53.3 Å². The number of nitrogens with zero attached hydrogens (tertiary/aromatic N) is 1. The Hall–Kier alpha value is -1.58. The van der Waals surface area contributed by atoms with Crippen molar-refractivity contribution in [1.82, 2.24) is 0 Å². The van der Waals surface area contributed by atoms with Gasteiger partial charge in [-0.3, -0.25) is 14.6 Å². The van der Waals surface area contributed by atoms with Crippen molar-refractivity contribution in [3.05, 3.63) is 46.7 Å². The van der Waals surface area contributed by atoms with Crippen LogP contribution in [0.1, 0.15) is 73.1 Å². The number of ketones is 1. The molecule has 0 saturated heterocycles. The van der Waals surface area contributed by atoms with Gasteiger partial charge in [-0.2, -0.15) is 0 Å². The number of hydrogen-bond donors (Lipinski definition) is 2. The molecule has 194 valence electrons. The number of aliphatic imine (C=N–C) groups is 1. The second-order valence-electron chi connectivity index (χ2n) is 9.72. The highest BCUT2D eigenvalue weighted by Gasteiger charge is 2.38. The van der Waals surface area contributed by atoms with Crippen LogP contribution in [0.5, 0.6) is 0 Å². The summed E-state index contributed by atoms with van der Waals surface area (Å²) in [5.74, 6) is -1.68. The lowest BCUT2D eigenvalue weighted by atomic mass is 9.76. The first kappa shape index (κ1) is 29.6. The molecule has 1 aliphatic heterocycles. The largest absolute Gasteiger partial charge is 0.457 e. The van der Waals surface area contributed by atoms with Crippen molar-refractivity contribution < 1.29 is 24.5 Å². The third kappa shape index (κ3) is 8.79. The second kappa shape index (κ2) is 14.2. The van der Waals surface area contributed by atoms with Crippen molar-refractivity contribution in [1.29, 1.82) is 0 Å². The fraction of sp³-hybridized carbons (Fsp3) is 0.607. The normalized spacial score (nSPS) is 31.0. The van der Waals surface area contributed by atoms with Gasteiger partial charge in [0, 0.05) is 34.0 Å². The van der Waals surface area contributed by atoms with Gasteiger partial charge in [-0.05, 0) is 65.0 Å². The number of cyclic esters (lactones) is 1. The number of hydrogen-bond acceptors (Lipinski definition) is 6. The molecular weight excluding hydrogens is 557 g/mol. The molecule has 0 aromatic heterocycles. The van der Waals surface area contributed by atoms with Crippen LogP contribution in [0, 0.1) is 11.8 Å². The summed E-state index contributed by atoms with van der Waals surface area (Å²) in [5.41, 5.74) is 4.12. The van der Waals surface area contributed by atoms with E-state index in [4.69, 9.17) is 4.74 Å². The maximum Gasteiger partial charge on any atom is 0.309 e. The van der Waals surface area contributed by atoms with Crippen molar-refractivity contribution in [2.75, 3.05) is 4.43 Å². The number of halogens is 1. The van der Waals surface area contributed by atoms with E-state index in [9.17, 15) is 19.8 Å². The number of fused-ring (bicyclic) bond motifs is 1. The average Bonchev–Trinajstić information content (AvgIpc) is 2.79. The summed E-state index contributed by atoms with van der Waals surface area (Å²) in [6.07, 6.45) is 8.84. The summed E-state index contributed by atoms with van der Waals surface area (Å²) in [5, 5.41) is 21.4. The van der Waals surface area contributed by atoms with Crippen LogP contribution in [0.3, 0.4) is 0 Å². The zero-order chi connectivity index (χ0) is 26.1. The van der Waals surface area contributed by atoms with E-state index in [1.165, 1.54) is 5.57 Å². The Morgan fingerprint density at radius 1 is 1.26 bits per heavy atom. The van der Waals surface area contributed by atoms with E-state index in [1.807, 2.05) is 39.8 Å². The van der Waals surface area contributed by atoms with Crippen molar-refractivity contribution in [2.45, 2.75) is 91.5 Å². The minimum Gasteiger partial charge on any atom is -0.457 e. The smallest absolute Gasteiger partial charge is 0.309 e. The standard InChI is InChI=1S/C28H40INO5/c1-6-22(30-17(2)3)14-18(4)25-11-10-20(12-13-29)8-7-9-21-15-23(24(31)16-26(32)35-25)28(34)19(5)27(21)33/h6,10,14-15,19,21,24-25,27,31,33H,7-9,11-13,16H2,1-5H3/b18-14+,20-10+,22-6-/t19-,21-,24+,25+,27-/m1/s1. The van der Waals surface area contributed by atoms with E-state index >= 15 is 0 Å². The summed E-state index contributed by atoms with van der Waals surface area (Å²) in [4.78, 5) is 30.2. The Bertz CT molecular complexity index is 926. The van der Waals surface area contributed by atoms with Crippen molar-refractivity contribution in [3.63, 3.8) is 0 Å². The van der Waals surface area contributed by atoms with E-state index < -0.39 is 30.2 Å². The van der Waals surface area contributed by atoms with Gasteiger partial charge >= 0.3 is 5.97 Å². The van der Waals surface area contributed by atoms with Crippen LogP contribution >= 0.6 is 22.6 Å². The number of aliphatic hydroxyl groups is 2. The first-order valence-corrected chi connectivity index (χ1v) is 14.0. The summed E-state index contributed by atoms with van der Waals surface area (Å²) < 4.78 is 6.84. The molecule has 0 aromatic carbocycles. The molecule has 2 aliphatic rings. The number of ether oxygens (including phenoxy) is 1. The third-order valence-corrected chi connectivity index (χ3v) is 7.18. The number of aliphatic hydroxyl groups excluding tert-OH is 2. The second-order valence-corrected chi connectivity index (χ2v) is 10.8. The highest BCUT2D eigenvalue weighted by molar-refractivity contribution is 14.1. The van der Waals surface area contributed by atoms with Gasteiger partial charge in [-0.15, -0.1) is 0 Å². The highest BCUT2D eigenvalue weighted by atomic mass is 127. The summed E-state index contributed by atoms with van der Waals surface area (Å²) >= 11 is 2.37. The number of carbonyl (C=O) groups is 2. The van der Waals surface area contributed by atoms with Gasteiger partial charge in [0.2, 0.25) is 0 Å². The number of Topliss-reactive ketones (excluding diaryl/α,β-unsaturated/α-hetero) is 1. The Kier molecular flexibility index (Phi) is 12.1. The van der Waals surface area contributed by atoms with Gasteiger partial charge in [0.05, 0.1) is 24.3 Å². The molecule has 2 rings (SSSR count). The molecular formula is C28H40INO5. The van der Waals surface area contributed by atoms with Gasteiger partial charge < -0.3 is 14.9 Å². The van der Waals surface area contributed by atoms with Crippen LogP contribution in [0.25, 0.3) is 0 Å². The molecule has 0 fully saturated rings. The van der Waals surface area contributed by atoms with Gasteiger partial charge in [-0.25, -0.2) is 0 Å². The molecule has 1 heterocycles. The lowest BCUT2D eigenvalue weighted by Gasteiger charge is -2.32. The molecule has 7 heteroatoms. The molecule has 5 atom stereocenters. The van der Waals surface area contributed by atoms with E-state index in [1.54, 1.807) is 13.0 Å². The van der Waals surface area contributed by atoms with Crippen LogP contribution in [-0.4, -0.2) is 50.4 Å². The zero-order valence-corrected chi connectivity index (χ0v) is 23.7. The number of allylic oxidation sites excluding steroid dienone is 3. The van der Waals surface area contributed by atoms with Gasteiger partial charge in [0.25, 0.3) is 0 Å². The van der Waals surface area contributed by atoms with Gasteiger partial charge in [0.15, 0.2) is 5.78 Å². The molecule has 2 bridgehead atoms. The Morgan fingerprint density at radius 3 is 2.60 bits per heavy atom. The predicted molar refractivity (Wildman–Crippen MR) is 149 cm³/mol. The molecule has 0 aromatic rings. The van der Waals surface area contributed by atoms with Crippen molar-refractivity contribution in [2.24, 2.45) is 16.8 Å². The molecule has 35 heavy (non-hydrogen) atoms. The number of carbonyl (C=O) groups excluding carboxylic acids is 2. The van der Waals surface area contributed by atoms with E-state index in [0.717, 1.165) is 47.1 Å². The fourth-order valence-electron chi connectivity index (χ4n) is 4.58.